The number of rotatable bonds is 5. The molecule has 3 rings (SSSR count). The van der Waals surface area contributed by atoms with Crippen LogP contribution in [0.2, 0.25) is 5.02 Å². The van der Waals surface area contributed by atoms with E-state index in [1.807, 2.05) is 31.2 Å². The Balaban J connectivity index is 1.63. The number of carbonyl (C=O) groups is 1. The van der Waals surface area contributed by atoms with Crippen molar-refractivity contribution >= 4 is 29.0 Å². The smallest absolute Gasteiger partial charge is 0.276 e. The van der Waals surface area contributed by atoms with E-state index >= 15 is 0 Å². The minimum atomic E-state index is -0.339. The molecule has 0 unspecified atom stereocenters. The van der Waals surface area contributed by atoms with Gasteiger partial charge in [0.2, 0.25) is 0 Å². The summed E-state index contributed by atoms with van der Waals surface area (Å²) in [4.78, 5) is 16.5. The summed E-state index contributed by atoms with van der Waals surface area (Å²) in [6, 6.07) is 14.3. The largest absolute Gasteiger partial charge is 0.363 e. The number of nitrogens with one attached hydrogen (secondary N) is 2. The Hall–Kier alpha value is -2.99. The minimum absolute atomic E-state index is 0.225. The van der Waals surface area contributed by atoms with Crippen LogP contribution in [0.3, 0.4) is 0 Å². The van der Waals surface area contributed by atoms with E-state index in [4.69, 9.17) is 11.6 Å². The number of hydrogen-bond donors (Lipinski definition) is 2. The second kappa shape index (κ2) is 7.72. The van der Waals surface area contributed by atoms with E-state index in [2.05, 4.69) is 25.8 Å². The van der Waals surface area contributed by atoms with Crippen molar-refractivity contribution in [2.45, 2.75) is 13.5 Å². The molecule has 0 saturated heterocycles. The Morgan fingerprint density at radius 2 is 2.00 bits per heavy atom. The van der Waals surface area contributed by atoms with Crippen LogP contribution in [0.4, 0.5) is 11.5 Å². The topological polar surface area (TPSA) is 79.8 Å². The molecule has 0 spiro atoms. The molecule has 2 N–H and O–H groups in total. The van der Waals surface area contributed by atoms with Gasteiger partial charge in [0.05, 0.1) is 12.2 Å². The molecule has 7 heteroatoms. The molecular formula is C18H16ClN5O. The zero-order valence-electron chi connectivity index (χ0n) is 13.5. The third-order valence-corrected chi connectivity index (χ3v) is 3.76. The Bertz CT molecular complexity index is 868. The Kier molecular flexibility index (Phi) is 5.20. The van der Waals surface area contributed by atoms with Gasteiger partial charge in [-0.1, -0.05) is 23.7 Å². The molecule has 2 heterocycles. The maximum atomic E-state index is 12.3. The van der Waals surface area contributed by atoms with Crippen molar-refractivity contribution in [2.24, 2.45) is 0 Å². The van der Waals surface area contributed by atoms with E-state index in [9.17, 15) is 4.79 Å². The molecule has 0 saturated carbocycles. The third-order valence-electron chi connectivity index (χ3n) is 3.52. The van der Waals surface area contributed by atoms with Gasteiger partial charge in [-0.3, -0.25) is 9.78 Å². The average molecular weight is 354 g/mol. The third kappa shape index (κ3) is 4.51. The minimum Gasteiger partial charge on any atom is -0.363 e. The van der Waals surface area contributed by atoms with E-state index in [1.54, 1.807) is 30.5 Å². The number of anilines is 2. The monoisotopic (exact) mass is 353 g/mol. The molecule has 1 aromatic carbocycles. The standard InChI is InChI=1S/C18H16ClN5O/c1-12-5-6-13(19)10-16(12)22-18(25)15-7-8-17(24-23-15)21-11-14-4-2-3-9-20-14/h2-10H,11H2,1H3,(H,21,24)(H,22,25). The van der Waals surface area contributed by atoms with E-state index in [0.29, 0.717) is 23.1 Å². The maximum Gasteiger partial charge on any atom is 0.276 e. The SMILES string of the molecule is Cc1ccc(Cl)cc1NC(=O)c1ccc(NCc2ccccn2)nn1. The number of aryl methyl sites for hydroxylation is 1. The molecule has 3 aromatic rings. The number of nitrogens with zero attached hydrogens (tertiary/aromatic N) is 3. The van der Waals surface area contributed by atoms with Crippen molar-refractivity contribution in [3.63, 3.8) is 0 Å². The van der Waals surface area contributed by atoms with Gasteiger partial charge < -0.3 is 10.6 Å². The molecule has 0 atom stereocenters. The van der Waals surface area contributed by atoms with Crippen molar-refractivity contribution in [1.82, 2.24) is 15.2 Å². The van der Waals surface area contributed by atoms with Gasteiger partial charge in [0.1, 0.15) is 5.82 Å². The fourth-order valence-electron chi connectivity index (χ4n) is 2.15. The number of hydrogen-bond acceptors (Lipinski definition) is 5. The van der Waals surface area contributed by atoms with Gasteiger partial charge in [-0.15, -0.1) is 10.2 Å². The van der Waals surface area contributed by atoms with E-state index in [1.165, 1.54) is 0 Å². The first-order valence-electron chi connectivity index (χ1n) is 7.67. The van der Waals surface area contributed by atoms with E-state index < -0.39 is 0 Å². The number of amides is 1. The number of pyridine rings is 1. The highest BCUT2D eigenvalue weighted by Gasteiger charge is 2.10. The van der Waals surface area contributed by atoms with Gasteiger partial charge >= 0.3 is 0 Å². The highest BCUT2D eigenvalue weighted by Crippen LogP contribution is 2.20. The lowest BCUT2D eigenvalue weighted by Gasteiger charge is -2.09. The lowest BCUT2D eigenvalue weighted by atomic mass is 10.2. The predicted octanol–water partition coefficient (Wildman–Crippen LogP) is 3.70. The van der Waals surface area contributed by atoms with Gasteiger partial charge in [0.15, 0.2) is 5.69 Å². The van der Waals surface area contributed by atoms with Crippen LogP contribution in [-0.2, 0) is 6.54 Å². The summed E-state index contributed by atoms with van der Waals surface area (Å²) >= 11 is 5.96. The highest BCUT2D eigenvalue weighted by molar-refractivity contribution is 6.31. The Morgan fingerprint density at radius 3 is 2.72 bits per heavy atom. The average Bonchev–Trinajstić information content (AvgIpc) is 2.64. The zero-order valence-corrected chi connectivity index (χ0v) is 14.3. The first-order chi connectivity index (χ1) is 12.1. The van der Waals surface area contributed by atoms with Crippen molar-refractivity contribution in [3.8, 4) is 0 Å². The molecule has 6 nitrogen and oxygen atoms in total. The van der Waals surface area contributed by atoms with Gasteiger partial charge in [-0.2, -0.15) is 0 Å². The van der Waals surface area contributed by atoms with Crippen LogP contribution in [0.5, 0.6) is 0 Å². The van der Waals surface area contributed by atoms with Crippen LogP contribution in [-0.4, -0.2) is 21.1 Å². The van der Waals surface area contributed by atoms with Gasteiger partial charge in [-0.05, 0) is 48.9 Å². The van der Waals surface area contributed by atoms with Crippen LogP contribution >= 0.6 is 11.6 Å². The normalized spacial score (nSPS) is 10.3. The molecule has 0 radical (unpaired) electrons. The summed E-state index contributed by atoms with van der Waals surface area (Å²) in [6.07, 6.45) is 1.73. The number of aromatic nitrogens is 3. The Labute approximate surface area is 150 Å². The molecule has 0 bridgehead atoms. The predicted molar refractivity (Wildman–Crippen MR) is 97.7 cm³/mol. The molecule has 1 amide bonds. The first kappa shape index (κ1) is 16.9. The molecule has 25 heavy (non-hydrogen) atoms. The van der Waals surface area contributed by atoms with Crippen LogP contribution in [0.1, 0.15) is 21.7 Å². The maximum absolute atomic E-state index is 12.3. The van der Waals surface area contributed by atoms with Crippen molar-refractivity contribution in [1.29, 1.82) is 0 Å². The second-order valence-electron chi connectivity index (χ2n) is 5.39. The fourth-order valence-corrected chi connectivity index (χ4v) is 2.32. The number of halogens is 1. The fraction of sp³-hybridized carbons (Fsp3) is 0.111. The summed E-state index contributed by atoms with van der Waals surface area (Å²) < 4.78 is 0. The van der Waals surface area contributed by atoms with Crippen LogP contribution in [0, 0.1) is 6.92 Å². The Morgan fingerprint density at radius 1 is 1.12 bits per heavy atom. The molecule has 0 aliphatic rings. The van der Waals surface area contributed by atoms with Gasteiger partial charge in [0.25, 0.3) is 5.91 Å². The molecule has 0 fully saturated rings. The molecule has 0 aliphatic carbocycles. The lowest BCUT2D eigenvalue weighted by Crippen LogP contribution is -2.15. The van der Waals surface area contributed by atoms with Crippen LogP contribution in [0.15, 0.2) is 54.7 Å². The summed E-state index contributed by atoms with van der Waals surface area (Å²) in [5.41, 5.74) is 2.68. The summed E-state index contributed by atoms with van der Waals surface area (Å²) in [5.74, 6) is 0.232. The van der Waals surface area contributed by atoms with Gasteiger partial charge in [-0.25, -0.2) is 0 Å². The van der Waals surface area contributed by atoms with Crippen LogP contribution < -0.4 is 10.6 Å². The molecule has 126 valence electrons. The molecule has 2 aromatic heterocycles. The molecular weight excluding hydrogens is 338 g/mol. The van der Waals surface area contributed by atoms with Crippen LogP contribution in [0.25, 0.3) is 0 Å². The highest BCUT2D eigenvalue weighted by atomic mass is 35.5. The van der Waals surface area contributed by atoms with Gasteiger partial charge in [0, 0.05) is 16.9 Å². The summed E-state index contributed by atoms with van der Waals surface area (Å²) in [5, 5.41) is 14.4. The second-order valence-corrected chi connectivity index (χ2v) is 5.83. The van der Waals surface area contributed by atoms with Crippen molar-refractivity contribution in [3.05, 3.63) is 76.7 Å². The molecule has 0 aliphatic heterocycles. The van der Waals surface area contributed by atoms with Crippen molar-refractivity contribution < 1.29 is 4.79 Å². The van der Waals surface area contributed by atoms with E-state index in [-0.39, 0.29) is 11.6 Å². The lowest BCUT2D eigenvalue weighted by molar-refractivity contribution is 0.102. The zero-order chi connectivity index (χ0) is 17.6. The summed E-state index contributed by atoms with van der Waals surface area (Å²) in [7, 11) is 0. The van der Waals surface area contributed by atoms with Crippen molar-refractivity contribution in [2.75, 3.05) is 10.6 Å². The van der Waals surface area contributed by atoms with E-state index in [0.717, 1.165) is 11.3 Å². The number of carbonyl (C=O) groups excluding carboxylic acids is 1. The quantitative estimate of drug-likeness (QED) is 0.731. The first-order valence-corrected chi connectivity index (χ1v) is 8.04. The number of benzene rings is 1. The summed E-state index contributed by atoms with van der Waals surface area (Å²) in [6.45, 7) is 2.42.